The van der Waals surface area contributed by atoms with Crippen molar-refractivity contribution in [2.75, 3.05) is 5.32 Å². The molecule has 4 aromatic rings. The average Bonchev–Trinajstić information content (AvgIpc) is 3.16. The lowest BCUT2D eigenvalue weighted by Crippen LogP contribution is -2.11. The van der Waals surface area contributed by atoms with Crippen LogP contribution in [0.3, 0.4) is 0 Å². The Hall–Kier alpha value is -2.94. The number of alkyl halides is 3. The lowest BCUT2D eigenvalue weighted by molar-refractivity contribution is -0.144. The first-order chi connectivity index (χ1) is 11.9. The highest BCUT2D eigenvalue weighted by Crippen LogP contribution is 2.29. The third kappa shape index (κ3) is 2.93. The molecular formula is C16H9F3N4OS. The van der Waals surface area contributed by atoms with E-state index < -0.39 is 17.9 Å². The van der Waals surface area contributed by atoms with E-state index in [-0.39, 0.29) is 16.6 Å². The van der Waals surface area contributed by atoms with Crippen LogP contribution in [0.2, 0.25) is 0 Å². The predicted octanol–water partition coefficient (Wildman–Crippen LogP) is 4.44. The van der Waals surface area contributed by atoms with E-state index in [1.165, 1.54) is 29.5 Å². The van der Waals surface area contributed by atoms with Gasteiger partial charge in [0.15, 0.2) is 5.13 Å². The molecule has 4 rings (SSSR count). The molecule has 0 saturated heterocycles. The fourth-order valence-corrected chi connectivity index (χ4v) is 3.24. The molecule has 25 heavy (non-hydrogen) atoms. The van der Waals surface area contributed by atoms with Gasteiger partial charge in [0.1, 0.15) is 0 Å². The zero-order valence-electron chi connectivity index (χ0n) is 12.4. The van der Waals surface area contributed by atoms with Gasteiger partial charge in [-0.1, -0.05) is 23.5 Å². The van der Waals surface area contributed by atoms with Crippen molar-refractivity contribution in [3.05, 3.63) is 53.9 Å². The number of aromatic nitrogens is 3. The molecule has 2 aromatic carbocycles. The number of hydrogen-bond acceptors (Lipinski definition) is 4. The van der Waals surface area contributed by atoms with Crippen LogP contribution in [-0.2, 0) is 6.18 Å². The minimum absolute atomic E-state index is 0.142. The summed E-state index contributed by atoms with van der Waals surface area (Å²) in [5.74, 6) is -1.55. The maximum absolute atomic E-state index is 12.7. The Bertz CT molecular complexity index is 1070. The van der Waals surface area contributed by atoms with Gasteiger partial charge in [0, 0.05) is 5.56 Å². The minimum atomic E-state index is -4.57. The topological polar surface area (TPSA) is 70.7 Å². The van der Waals surface area contributed by atoms with Crippen LogP contribution in [0.25, 0.3) is 21.3 Å². The number of benzene rings is 2. The fraction of sp³-hybridized carbons (Fsp3) is 0.0625. The number of thiazole rings is 1. The normalized spacial score (nSPS) is 12.0. The first-order valence-electron chi connectivity index (χ1n) is 7.14. The van der Waals surface area contributed by atoms with Gasteiger partial charge in [-0.15, -0.1) is 0 Å². The van der Waals surface area contributed by atoms with Gasteiger partial charge in [-0.05, 0) is 30.3 Å². The highest BCUT2D eigenvalue weighted by Gasteiger charge is 2.34. The molecule has 0 fully saturated rings. The Labute approximate surface area is 142 Å². The third-order valence-electron chi connectivity index (χ3n) is 3.53. The summed E-state index contributed by atoms with van der Waals surface area (Å²) in [4.78, 5) is 22.3. The molecule has 5 nitrogen and oxygen atoms in total. The molecule has 0 radical (unpaired) electrons. The van der Waals surface area contributed by atoms with Crippen molar-refractivity contribution in [1.29, 1.82) is 0 Å². The largest absolute Gasteiger partial charge is 0.449 e. The van der Waals surface area contributed by atoms with Crippen LogP contribution in [0.1, 0.15) is 16.2 Å². The lowest BCUT2D eigenvalue weighted by Gasteiger charge is -2.01. The Morgan fingerprint density at radius 3 is 2.64 bits per heavy atom. The SMILES string of the molecule is O=C(Nc1nc2ccccc2s1)c1ccc2nc(C(F)(F)F)[nH]c2c1. The van der Waals surface area contributed by atoms with Crippen molar-refractivity contribution in [2.45, 2.75) is 6.18 Å². The van der Waals surface area contributed by atoms with Gasteiger partial charge in [0.05, 0.1) is 21.3 Å². The van der Waals surface area contributed by atoms with Crippen molar-refractivity contribution in [2.24, 2.45) is 0 Å². The molecule has 0 spiro atoms. The van der Waals surface area contributed by atoms with E-state index in [2.05, 4.69) is 20.3 Å². The summed E-state index contributed by atoms with van der Waals surface area (Å²) in [6.07, 6.45) is -4.57. The predicted molar refractivity (Wildman–Crippen MR) is 88.7 cm³/mol. The Kier molecular flexibility index (Phi) is 3.46. The quantitative estimate of drug-likeness (QED) is 0.554. The van der Waals surface area contributed by atoms with Gasteiger partial charge in [0.25, 0.3) is 5.91 Å². The smallest absolute Gasteiger partial charge is 0.334 e. The van der Waals surface area contributed by atoms with E-state index >= 15 is 0 Å². The van der Waals surface area contributed by atoms with Crippen LogP contribution in [0.5, 0.6) is 0 Å². The van der Waals surface area contributed by atoms with Crippen LogP contribution >= 0.6 is 11.3 Å². The summed E-state index contributed by atoms with van der Waals surface area (Å²) in [6.45, 7) is 0. The summed E-state index contributed by atoms with van der Waals surface area (Å²) in [5, 5.41) is 3.08. The van der Waals surface area contributed by atoms with Crippen molar-refractivity contribution in [3.63, 3.8) is 0 Å². The number of fused-ring (bicyclic) bond motifs is 2. The molecule has 0 saturated carbocycles. The van der Waals surface area contributed by atoms with Crippen LogP contribution < -0.4 is 5.32 Å². The van der Waals surface area contributed by atoms with E-state index in [0.717, 1.165) is 10.2 Å². The number of H-pyrrole nitrogens is 1. The number of nitrogens with zero attached hydrogens (tertiary/aromatic N) is 2. The second-order valence-electron chi connectivity index (χ2n) is 5.26. The highest BCUT2D eigenvalue weighted by molar-refractivity contribution is 7.22. The van der Waals surface area contributed by atoms with Crippen LogP contribution in [0.15, 0.2) is 42.5 Å². The van der Waals surface area contributed by atoms with Crippen molar-refractivity contribution >= 4 is 43.6 Å². The summed E-state index contributed by atoms with van der Waals surface area (Å²) < 4.78 is 39.0. The second kappa shape index (κ2) is 5.55. The van der Waals surface area contributed by atoms with Crippen LogP contribution in [0, 0.1) is 0 Å². The van der Waals surface area contributed by atoms with E-state index in [4.69, 9.17) is 0 Å². The van der Waals surface area contributed by atoms with E-state index in [9.17, 15) is 18.0 Å². The Morgan fingerprint density at radius 2 is 1.88 bits per heavy atom. The lowest BCUT2D eigenvalue weighted by atomic mass is 10.2. The molecule has 9 heteroatoms. The van der Waals surface area contributed by atoms with Crippen molar-refractivity contribution in [1.82, 2.24) is 15.0 Å². The molecule has 0 unspecified atom stereocenters. The monoisotopic (exact) mass is 362 g/mol. The number of rotatable bonds is 2. The molecule has 2 aromatic heterocycles. The van der Waals surface area contributed by atoms with Gasteiger partial charge in [-0.2, -0.15) is 13.2 Å². The number of aromatic amines is 1. The van der Waals surface area contributed by atoms with Gasteiger partial charge in [0.2, 0.25) is 5.82 Å². The maximum Gasteiger partial charge on any atom is 0.449 e. The molecule has 0 aliphatic carbocycles. The summed E-state index contributed by atoms with van der Waals surface area (Å²) >= 11 is 1.32. The number of amides is 1. The maximum atomic E-state index is 12.7. The van der Waals surface area contributed by atoms with E-state index in [1.54, 1.807) is 0 Å². The number of hydrogen-bond donors (Lipinski definition) is 2. The first kappa shape index (κ1) is 15.6. The number of para-hydroxylation sites is 1. The standard InChI is InChI=1S/C16H9F3N4OS/c17-16(18,19)14-20-9-6-5-8(7-11(9)21-14)13(24)23-15-22-10-3-1-2-4-12(10)25-15/h1-7H,(H,20,21)(H,22,23,24). The van der Waals surface area contributed by atoms with Crippen LogP contribution in [0.4, 0.5) is 18.3 Å². The number of halogens is 3. The Balaban J connectivity index is 1.63. The highest BCUT2D eigenvalue weighted by atomic mass is 32.1. The summed E-state index contributed by atoms with van der Waals surface area (Å²) in [6, 6.07) is 11.6. The van der Waals surface area contributed by atoms with Crippen LogP contribution in [-0.4, -0.2) is 20.9 Å². The van der Waals surface area contributed by atoms with Gasteiger partial charge >= 0.3 is 6.18 Å². The fourth-order valence-electron chi connectivity index (χ4n) is 2.38. The third-order valence-corrected chi connectivity index (χ3v) is 4.48. The summed E-state index contributed by atoms with van der Waals surface area (Å²) in [7, 11) is 0. The molecule has 0 aliphatic heterocycles. The van der Waals surface area contributed by atoms with Gasteiger partial charge < -0.3 is 4.98 Å². The molecule has 2 N–H and O–H groups in total. The number of imidazole rings is 1. The molecule has 0 atom stereocenters. The second-order valence-corrected chi connectivity index (χ2v) is 6.29. The van der Waals surface area contributed by atoms with Crippen molar-refractivity contribution in [3.8, 4) is 0 Å². The molecule has 2 heterocycles. The average molecular weight is 362 g/mol. The number of nitrogens with one attached hydrogen (secondary N) is 2. The van der Waals surface area contributed by atoms with Crippen molar-refractivity contribution < 1.29 is 18.0 Å². The molecular weight excluding hydrogens is 353 g/mol. The Morgan fingerprint density at radius 1 is 1.08 bits per heavy atom. The molecule has 1 amide bonds. The first-order valence-corrected chi connectivity index (χ1v) is 7.96. The van der Waals surface area contributed by atoms with E-state index in [0.29, 0.717) is 5.13 Å². The molecule has 0 bridgehead atoms. The zero-order valence-corrected chi connectivity index (χ0v) is 13.2. The molecule has 126 valence electrons. The number of carbonyl (C=O) groups is 1. The number of carbonyl (C=O) groups excluding carboxylic acids is 1. The van der Waals surface area contributed by atoms with E-state index in [1.807, 2.05) is 24.3 Å². The number of anilines is 1. The zero-order chi connectivity index (χ0) is 17.6. The summed E-state index contributed by atoms with van der Waals surface area (Å²) in [5.41, 5.74) is 1.26. The van der Waals surface area contributed by atoms with Gasteiger partial charge in [-0.3, -0.25) is 10.1 Å². The molecule has 0 aliphatic rings. The minimum Gasteiger partial charge on any atom is -0.334 e. The van der Waals surface area contributed by atoms with Gasteiger partial charge in [-0.25, -0.2) is 9.97 Å².